The highest BCUT2D eigenvalue weighted by atomic mass is 19.2. The molecule has 0 aliphatic rings. The molecular formula is C22H29F5O4. The molecule has 0 saturated carbocycles. The molecular weight excluding hydrogens is 423 g/mol. The fourth-order valence-electron chi connectivity index (χ4n) is 2.99. The smallest absolute Gasteiger partial charge is 0.306 e. The Kier molecular flexibility index (Phi) is 12.1. The number of hydrogen-bond acceptors (Lipinski definition) is 4. The first kappa shape index (κ1) is 26.8. The molecule has 0 aliphatic carbocycles. The second-order valence-electron chi connectivity index (χ2n) is 7.31. The van der Waals surface area contributed by atoms with Gasteiger partial charge in [-0.2, -0.15) is 0 Å². The minimum absolute atomic E-state index is 0.226. The maximum absolute atomic E-state index is 13.7. The molecule has 0 aromatic heterocycles. The van der Waals surface area contributed by atoms with Crippen LogP contribution in [0.25, 0.3) is 0 Å². The van der Waals surface area contributed by atoms with Crippen LogP contribution in [0.4, 0.5) is 22.0 Å². The van der Waals surface area contributed by atoms with Crippen molar-refractivity contribution in [1.82, 2.24) is 0 Å². The second kappa shape index (κ2) is 14.0. The Hall–Kier alpha value is -2.19. The molecule has 1 atom stereocenters. The van der Waals surface area contributed by atoms with E-state index in [1.807, 2.05) is 0 Å². The third-order valence-electron chi connectivity index (χ3n) is 4.75. The Morgan fingerprint density at radius 1 is 0.710 bits per heavy atom. The monoisotopic (exact) mass is 452 g/mol. The van der Waals surface area contributed by atoms with Crippen LogP contribution in [0.1, 0.15) is 89.7 Å². The summed E-state index contributed by atoms with van der Waals surface area (Å²) in [5.41, 5.74) is -1.25. The molecule has 0 bridgehead atoms. The van der Waals surface area contributed by atoms with Gasteiger partial charge in [0, 0.05) is 0 Å². The van der Waals surface area contributed by atoms with Crippen LogP contribution in [0.3, 0.4) is 0 Å². The second-order valence-corrected chi connectivity index (χ2v) is 7.31. The maximum Gasteiger partial charge on any atom is 0.306 e. The molecule has 1 unspecified atom stereocenters. The van der Waals surface area contributed by atoms with Crippen molar-refractivity contribution in [3.8, 4) is 0 Å². The van der Waals surface area contributed by atoms with Gasteiger partial charge in [0.1, 0.15) is 6.10 Å². The highest BCUT2D eigenvalue weighted by molar-refractivity contribution is 5.77. The molecule has 31 heavy (non-hydrogen) atoms. The number of halogens is 5. The van der Waals surface area contributed by atoms with Crippen molar-refractivity contribution < 1.29 is 41.0 Å². The van der Waals surface area contributed by atoms with Gasteiger partial charge in [0.15, 0.2) is 23.3 Å². The SMILES string of the molecule is CCCCCCCCCCOC(=O)CCC(=O)OC(C)c1c(F)c(F)c(F)c(F)c1F. The van der Waals surface area contributed by atoms with Gasteiger partial charge in [-0.3, -0.25) is 9.59 Å². The van der Waals surface area contributed by atoms with Crippen molar-refractivity contribution in [2.45, 2.75) is 84.2 Å². The van der Waals surface area contributed by atoms with Crippen LogP contribution in [0.5, 0.6) is 0 Å². The lowest BCUT2D eigenvalue weighted by molar-refractivity contribution is -0.153. The highest BCUT2D eigenvalue weighted by Crippen LogP contribution is 2.29. The summed E-state index contributed by atoms with van der Waals surface area (Å²) < 4.78 is 76.8. The van der Waals surface area contributed by atoms with Crippen LogP contribution in [0.15, 0.2) is 0 Å². The van der Waals surface area contributed by atoms with Crippen molar-refractivity contribution in [3.63, 3.8) is 0 Å². The Morgan fingerprint density at radius 2 is 1.16 bits per heavy atom. The van der Waals surface area contributed by atoms with E-state index in [-0.39, 0.29) is 13.0 Å². The van der Waals surface area contributed by atoms with Gasteiger partial charge in [0.2, 0.25) is 5.82 Å². The number of esters is 2. The first-order chi connectivity index (χ1) is 14.7. The van der Waals surface area contributed by atoms with Crippen molar-refractivity contribution in [2.75, 3.05) is 6.61 Å². The van der Waals surface area contributed by atoms with Crippen molar-refractivity contribution in [1.29, 1.82) is 0 Å². The average Bonchev–Trinajstić information content (AvgIpc) is 2.73. The van der Waals surface area contributed by atoms with Gasteiger partial charge in [-0.1, -0.05) is 51.9 Å². The zero-order valence-electron chi connectivity index (χ0n) is 17.9. The molecule has 0 aliphatic heterocycles. The van der Waals surface area contributed by atoms with Crippen LogP contribution >= 0.6 is 0 Å². The summed E-state index contributed by atoms with van der Waals surface area (Å²) >= 11 is 0. The molecule has 1 aromatic carbocycles. The molecule has 1 rings (SSSR count). The molecule has 0 saturated heterocycles. The van der Waals surface area contributed by atoms with Crippen molar-refractivity contribution in [3.05, 3.63) is 34.6 Å². The quantitative estimate of drug-likeness (QED) is 0.107. The van der Waals surface area contributed by atoms with Crippen LogP contribution in [-0.2, 0) is 19.1 Å². The number of ether oxygens (including phenoxy) is 2. The lowest BCUT2D eigenvalue weighted by Gasteiger charge is -2.16. The van der Waals surface area contributed by atoms with E-state index in [0.717, 1.165) is 26.2 Å². The summed E-state index contributed by atoms with van der Waals surface area (Å²) in [4.78, 5) is 23.4. The molecule has 0 heterocycles. The third kappa shape index (κ3) is 8.83. The van der Waals surface area contributed by atoms with Gasteiger partial charge >= 0.3 is 11.9 Å². The van der Waals surface area contributed by atoms with Gasteiger partial charge in [-0.25, -0.2) is 22.0 Å². The van der Waals surface area contributed by atoms with E-state index in [0.29, 0.717) is 6.42 Å². The normalized spacial score (nSPS) is 12.0. The summed E-state index contributed by atoms with van der Waals surface area (Å²) in [7, 11) is 0. The van der Waals surface area contributed by atoms with Crippen LogP contribution < -0.4 is 0 Å². The van der Waals surface area contributed by atoms with Crippen molar-refractivity contribution >= 4 is 11.9 Å². The average molecular weight is 452 g/mol. The maximum atomic E-state index is 13.7. The summed E-state index contributed by atoms with van der Waals surface area (Å²) in [6, 6.07) is 0. The van der Waals surface area contributed by atoms with Gasteiger partial charge in [-0.05, 0) is 13.3 Å². The van der Waals surface area contributed by atoms with Crippen molar-refractivity contribution in [2.24, 2.45) is 0 Å². The van der Waals surface area contributed by atoms with Gasteiger partial charge in [0.25, 0.3) is 0 Å². The van der Waals surface area contributed by atoms with Gasteiger partial charge in [0.05, 0.1) is 25.0 Å². The molecule has 176 valence electrons. The van der Waals surface area contributed by atoms with E-state index >= 15 is 0 Å². The third-order valence-corrected chi connectivity index (χ3v) is 4.75. The number of rotatable bonds is 14. The number of carbonyl (C=O) groups is 2. The van der Waals surface area contributed by atoms with Gasteiger partial charge < -0.3 is 9.47 Å². The summed E-state index contributed by atoms with van der Waals surface area (Å²) in [5, 5.41) is 0. The standard InChI is InChI=1S/C22H29F5O4/c1-3-4-5-6-7-8-9-10-13-30-15(28)11-12-16(29)31-14(2)17-18(23)20(25)22(27)21(26)19(17)24/h14H,3-13H2,1-2H3. The number of hydrogen-bond donors (Lipinski definition) is 0. The van der Waals surface area contributed by atoms with E-state index in [1.54, 1.807) is 0 Å². The Balaban J connectivity index is 2.32. The lowest BCUT2D eigenvalue weighted by atomic mass is 10.1. The van der Waals surface area contributed by atoms with E-state index in [9.17, 15) is 31.5 Å². The van der Waals surface area contributed by atoms with E-state index in [2.05, 4.69) is 6.92 Å². The first-order valence-electron chi connectivity index (χ1n) is 10.6. The molecule has 1 aromatic rings. The molecule has 0 radical (unpaired) electrons. The lowest BCUT2D eigenvalue weighted by Crippen LogP contribution is -2.16. The summed E-state index contributed by atoms with van der Waals surface area (Å²) in [6.45, 7) is 3.35. The fraction of sp³-hybridized carbons (Fsp3) is 0.636. The number of unbranched alkanes of at least 4 members (excludes halogenated alkanes) is 7. The predicted octanol–water partition coefficient (Wildman–Crippen LogP) is 6.45. The topological polar surface area (TPSA) is 52.6 Å². The van der Waals surface area contributed by atoms with Crippen LogP contribution in [0.2, 0.25) is 0 Å². The van der Waals surface area contributed by atoms with Crippen LogP contribution in [-0.4, -0.2) is 18.5 Å². The fourth-order valence-corrected chi connectivity index (χ4v) is 2.99. The zero-order valence-corrected chi connectivity index (χ0v) is 17.9. The molecule has 9 heteroatoms. The van der Waals surface area contributed by atoms with Gasteiger partial charge in [-0.15, -0.1) is 0 Å². The molecule has 0 spiro atoms. The van der Waals surface area contributed by atoms with E-state index < -0.39 is 59.1 Å². The minimum Gasteiger partial charge on any atom is -0.466 e. The Bertz CT molecular complexity index is 710. The minimum atomic E-state index is -2.29. The summed E-state index contributed by atoms with van der Waals surface area (Å²) in [5.74, 6) is -12.3. The van der Waals surface area contributed by atoms with Crippen LogP contribution in [0, 0.1) is 29.1 Å². The Labute approximate surface area is 179 Å². The predicted molar refractivity (Wildman–Crippen MR) is 104 cm³/mol. The highest BCUT2D eigenvalue weighted by Gasteiger charge is 2.30. The molecule has 0 amide bonds. The zero-order chi connectivity index (χ0) is 23.4. The Morgan fingerprint density at radius 3 is 1.71 bits per heavy atom. The molecule has 0 fully saturated rings. The first-order valence-corrected chi connectivity index (χ1v) is 10.6. The largest absolute Gasteiger partial charge is 0.466 e. The number of carbonyl (C=O) groups excluding carboxylic acids is 2. The summed E-state index contributed by atoms with van der Waals surface area (Å²) in [6.07, 6.45) is 6.19. The van der Waals surface area contributed by atoms with E-state index in [4.69, 9.17) is 9.47 Å². The molecule has 0 N–H and O–H groups in total. The molecule has 4 nitrogen and oxygen atoms in total. The van der Waals surface area contributed by atoms with E-state index in [1.165, 1.54) is 25.7 Å². The number of benzene rings is 1.